The molecule has 0 atom stereocenters. The van der Waals surface area contributed by atoms with Gasteiger partial charge in [-0.3, -0.25) is 0 Å². The summed E-state index contributed by atoms with van der Waals surface area (Å²) >= 11 is 17.8. The van der Waals surface area contributed by atoms with E-state index < -0.39 is 5.97 Å². The predicted molar refractivity (Wildman–Crippen MR) is 79.2 cm³/mol. The maximum Gasteiger partial charge on any atom is 0.335 e. The lowest BCUT2D eigenvalue weighted by Gasteiger charge is -2.10. The fourth-order valence-electron chi connectivity index (χ4n) is 1.55. The van der Waals surface area contributed by atoms with E-state index in [2.05, 4.69) is 0 Å². The highest BCUT2D eigenvalue weighted by Crippen LogP contribution is 2.28. The van der Waals surface area contributed by atoms with Gasteiger partial charge in [-0.25, -0.2) is 4.79 Å². The van der Waals surface area contributed by atoms with Gasteiger partial charge in [0.1, 0.15) is 12.4 Å². The average Bonchev–Trinajstić information content (AvgIpc) is 2.38. The topological polar surface area (TPSA) is 46.5 Å². The monoisotopic (exact) mass is 330 g/mol. The Labute approximate surface area is 130 Å². The lowest BCUT2D eigenvalue weighted by Crippen LogP contribution is -1.99. The number of ether oxygens (including phenoxy) is 1. The molecule has 1 N–H and O–H groups in total. The summed E-state index contributed by atoms with van der Waals surface area (Å²) in [5.74, 6) is -0.651. The summed E-state index contributed by atoms with van der Waals surface area (Å²) in [5, 5.41) is 10.1. The van der Waals surface area contributed by atoms with E-state index >= 15 is 0 Å². The molecule has 0 unspecified atom stereocenters. The number of hydrogen-bond acceptors (Lipinski definition) is 2. The highest BCUT2D eigenvalue weighted by atomic mass is 35.5. The van der Waals surface area contributed by atoms with Crippen molar-refractivity contribution in [1.29, 1.82) is 0 Å². The molecule has 0 aliphatic heterocycles. The summed E-state index contributed by atoms with van der Waals surface area (Å²) in [6.45, 7) is 0.210. The summed E-state index contributed by atoms with van der Waals surface area (Å²) < 4.78 is 5.53. The van der Waals surface area contributed by atoms with E-state index in [1.165, 1.54) is 18.2 Å². The number of carbonyl (C=O) groups is 1. The molecule has 0 amide bonds. The van der Waals surface area contributed by atoms with Crippen LogP contribution in [0.3, 0.4) is 0 Å². The highest BCUT2D eigenvalue weighted by Gasteiger charge is 2.09. The lowest BCUT2D eigenvalue weighted by atomic mass is 10.2. The summed E-state index contributed by atoms with van der Waals surface area (Å²) in [7, 11) is 0. The molecule has 2 rings (SSSR count). The SMILES string of the molecule is O=C(O)c1ccc(OCc2ccc(Cl)cc2Cl)c(Cl)c1. The maximum absolute atomic E-state index is 10.8. The van der Waals surface area contributed by atoms with E-state index in [0.717, 1.165) is 5.56 Å². The van der Waals surface area contributed by atoms with Crippen LogP contribution in [0.25, 0.3) is 0 Å². The van der Waals surface area contributed by atoms with Crippen LogP contribution in [0.1, 0.15) is 15.9 Å². The molecule has 0 aliphatic rings. The van der Waals surface area contributed by atoms with Gasteiger partial charge in [-0.15, -0.1) is 0 Å². The third kappa shape index (κ3) is 3.57. The fourth-order valence-corrected chi connectivity index (χ4v) is 2.24. The second-order valence-corrected chi connectivity index (χ2v) is 5.23. The van der Waals surface area contributed by atoms with Gasteiger partial charge in [0.15, 0.2) is 0 Å². The summed E-state index contributed by atoms with van der Waals surface area (Å²) in [6.07, 6.45) is 0. The second kappa shape index (κ2) is 6.35. The van der Waals surface area contributed by atoms with Crippen molar-refractivity contribution in [2.75, 3.05) is 0 Å². The van der Waals surface area contributed by atoms with Crippen LogP contribution >= 0.6 is 34.8 Å². The van der Waals surface area contributed by atoms with E-state index in [9.17, 15) is 4.79 Å². The molecular formula is C14H9Cl3O3. The molecule has 104 valence electrons. The quantitative estimate of drug-likeness (QED) is 0.864. The number of halogens is 3. The molecule has 0 saturated carbocycles. The summed E-state index contributed by atoms with van der Waals surface area (Å²) in [5.41, 5.74) is 0.862. The van der Waals surface area contributed by atoms with Crippen LogP contribution < -0.4 is 4.74 Å². The first-order valence-electron chi connectivity index (χ1n) is 5.57. The Morgan fingerprint density at radius 3 is 2.40 bits per heavy atom. The Morgan fingerprint density at radius 2 is 1.80 bits per heavy atom. The van der Waals surface area contributed by atoms with Crippen LogP contribution in [-0.4, -0.2) is 11.1 Å². The van der Waals surface area contributed by atoms with Crippen molar-refractivity contribution >= 4 is 40.8 Å². The zero-order chi connectivity index (χ0) is 14.7. The molecule has 3 nitrogen and oxygen atoms in total. The van der Waals surface area contributed by atoms with Gasteiger partial charge in [0.2, 0.25) is 0 Å². The van der Waals surface area contributed by atoms with Gasteiger partial charge in [0.05, 0.1) is 10.6 Å². The number of hydrogen-bond donors (Lipinski definition) is 1. The molecule has 2 aromatic carbocycles. The molecule has 0 fully saturated rings. The average molecular weight is 332 g/mol. The molecule has 0 radical (unpaired) electrons. The Morgan fingerprint density at radius 1 is 1.05 bits per heavy atom. The second-order valence-electron chi connectivity index (χ2n) is 3.97. The number of carboxylic acids is 1. The fraction of sp³-hybridized carbons (Fsp3) is 0.0714. The molecular weight excluding hydrogens is 323 g/mol. The normalized spacial score (nSPS) is 10.3. The molecule has 0 spiro atoms. The molecule has 0 aliphatic carbocycles. The minimum absolute atomic E-state index is 0.104. The van der Waals surface area contributed by atoms with Gasteiger partial charge in [0.25, 0.3) is 0 Å². The van der Waals surface area contributed by atoms with Crippen LogP contribution in [-0.2, 0) is 6.61 Å². The van der Waals surface area contributed by atoms with E-state index in [4.69, 9.17) is 44.6 Å². The van der Waals surface area contributed by atoms with Gasteiger partial charge in [-0.2, -0.15) is 0 Å². The number of rotatable bonds is 4. The first kappa shape index (κ1) is 15.0. The molecule has 20 heavy (non-hydrogen) atoms. The van der Waals surface area contributed by atoms with Gasteiger partial charge >= 0.3 is 5.97 Å². The Bertz CT molecular complexity index is 656. The number of aromatic carboxylic acids is 1. The van der Waals surface area contributed by atoms with E-state index in [1.54, 1.807) is 18.2 Å². The minimum atomic E-state index is -1.04. The lowest BCUT2D eigenvalue weighted by molar-refractivity contribution is 0.0697. The van der Waals surface area contributed by atoms with Gasteiger partial charge in [-0.05, 0) is 30.3 Å². The van der Waals surface area contributed by atoms with Crippen LogP contribution in [0.15, 0.2) is 36.4 Å². The Balaban J connectivity index is 2.13. The van der Waals surface area contributed by atoms with Crippen molar-refractivity contribution in [1.82, 2.24) is 0 Å². The van der Waals surface area contributed by atoms with Crippen molar-refractivity contribution < 1.29 is 14.6 Å². The van der Waals surface area contributed by atoms with Crippen molar-refractivity contribution in [3.05, 3.63) is 62.6 Å². The number of benzene rings is 2. The van der Waals surface area contributed by atoms with Gasteiger partial charge < -0.3 is 9.84 Å². The molecule has 0 bridgehead atoms. The molecule has 0 saturated heterocycles. The smallest absolute Gasteiger partial charge is 0.335 e. The van der Waals surface area contributed by atoms with E-state index in [0.29, 0.717) is 15.8 Å². The Kier molecular flexibility index (Phi) is 4.76. The van der Waals surface area contributed by atoms with Crippen molar-refractivity contribution in [3.8, 4) is 5.75 Å². The molecule has 6 heteroatoms. The van der Waals surface area contributed by atoms with Gasteiger partial charge in [-0.1, -0.05) is 40.9 Å². The first-order valence-corrected chi connectivity index (χ1v) is 6.70. The van der Waals surface area contributed by atoms with Crippen LogP contribution in [0.2, 0.25) is 15.1 Å². The summed E-state index contributed by atoms with van der Waals surface area (Å²) in [6, 6.07) is 9.35. The minimum Gasteiger partial charge on any atom is -0.487 e. The zero-order valence-corrected chi connectivity index (χ0v) is 12.3. The highest BCUT2D eigenvalue weighted by molar-refractivity contribution is 6.35. The van der Waals surface area contributed by atoms with E-state index in [-0.39, 0.29) is 17.2 Å². The third-order valence-electron chi connectivity index (χ3n) is 2.58. The third-order valence-corrected chi connectivity index (χ3v) is 3.46. The van der Waals surface area contributed by atoms with Crippen LogP contribution in [0, 0.1) is 0 Å². The maximum atomic E-state index is 10.8. The van der Waals surface area contributed by atoms with Crippen molar-refractivity contribution in [2.45, 2.75) is 6.61 Å². The van der Waals surface area contributed by atoms with Crippen molar-refractivity contribution in [3.63, 3.8) is 0 Å². The predicted octanol–water partition coefficient (Wildman–Crippen LogP) is 4.92. The van der Waals surface area contributed by atoms with Crippen molar-refractivity contribution in [2.24, 2.45) is 0 Å². The van der Waals surface area contributed by atoms with Gasteiger partial charge in [0, 0.05) is 15.6 Å². The largest absolute Gasteiger partial charge is 0.487 e. The summed E-state index contributed by atoms with van der Waals surface area (Å²) in [4.78, 5) is 10.8. The zero-order valence-electron chi connectivity index (χ0n) is 10.1. The van der Waals surface area contributed by atoms with Crippen LogP contribution in [0.5, 0.6) is 5.75 Å². The molecule has 2 aromatic rings. The standard InChI is InChI=1S/C14H9Cl3O3/c15-10-3-1-9(11(16)6-10)7-20-13-4-2-8(14(18)19)5-12(13)17/h1-6H,7H2,(H,18,19). The number of carboxylic acid groups (broad SMARTS) is 1. The molecule has 0 heterocycles. The van der Waals surface area contributed by atoms with E-state index in [1.807, 2.05) is 0 Å². The van der Waals surface area contributed by atoms with Crippen LogP contribution in [0.4, 0.5) is 0 Å². The Hall–Kier alpha value is -1.42. The first-order chi connectivity index (χ1) is 9.47. The molecule has 0 aromatic heterocycles.